The van der Waals surface area contributed by atoms with Crippen molar-refractivity contribution in [3.63, 3.8) is 0 Å². The highest BCUT2D eigenvalue weighted by atomic mass is 32.2. The summed E-state index contributed by atoms with van der Waals surface area (Å²) in [4.78, 5) is 0. The third kappa shape index (κ3) is 3.15. The summed E-state index contributed by atoms with van der Waals surface area (Å²) in [6.45, 7) is 4.12. The van der Waals surface area contributed by atoms with Crippen molar-refractivity contribution < 1.29 is 4.55 Å². The minimum Gasteiger partial charge on any atom is -0.616 e. The Morgan fingerprint density at radius 1 is 1.18 bits per heavy atom. The van der Waals surface area contributed by atoms with Crippen LogP contribution < -0.4 is 0 Å². The van der Waals surface area contributed by atoms with Gasteiger partial charge in [-0.1, -0.05) is 11.2 Å². The second kappa shape index (κ2) is 4.01. The van der Waals surface area contributed by atoms with Gasteiger partial charge in [-0.05, 0) is 25.0 Å². The smallest absolute Gasteiger partial charge is 0.109 e. The molecule has 1 aliphatic rings. The van der Waals surface area contributed by atoms with Crippen molar-refractivity contribution in [2.45, 2.75) is 26.7 Å². The third-order valence-electron chi connectivity index (χ3n) is 1.84. The molecule has 2 heteroatoms. The Hall–Kier alpha value is -0.170. The molecule has 0 N–H and O–H groups in total. The lowest BCUT2D eigenvalue weighted by Gasteiger charge is -2.12. The molecule has 1 aliphatic heterocycles. The Kier molecular flexibility index (Phi) is 3.25. The summed E-state index contributed by atoms with van der Waals surface area (Å²) >= 11 is -0.592. The first-order valence-electron chi connectivity index (χ1n) is 3.95. The van der Waals surface area contributed by atoms with Crippen molar-refractivity contribution in [1.82, 2.24) is 0 Å². The Morgan fingerprint density at radius 3 is 2.09 bits per heavy atom. The van der Waals surface area contributed by atoms with Gasteiger partial charge in [0.15, 0.2) is 0 Å². The zero-order valence-electron chi connectivity index (χ0n) is 7.14. The molecular formula is C9H14OS. The molecule has 62 valence electrons. The summed E-state index contributed by atoms with van der Waals surface area (Å²) in [5.74, 6) is 1.65. The minimum atomic E-state index is -0.592. The van der Waals surface area contributed by atoms with Crippen molar-refractivity contribution in [2.75, 3.05) is 11.5 Å². The number of hydrogen-bond acceptors (Lipinski definition) is 1. The van der Waals surface area contributed by atoms with E-state index in [9.17, 15) is 4.55 Å². The SMILES string of the molecule is CC1=C=C(C)CC[S+]([O-])CC1. The molecule has 0 unspecified atom stereocenters. The van der Waals surface area contributed by atoms with E-state index in [1.165, 1.54) is 11.1 Å². The third-order valence-corrected chi connectivity index (χ3v) is 3.16. The van der Waals surface area contributed by atoms with Crippen LogP contribution in [-0.2, 0) is 11.2 Å². The first-order valence-corrected chi connectivity index (χ1v) is 5.44. The molecule has 11 heavy (non-hydrogen) atoms. The summed E-state index contributed by atoms with van der Waals surface area (Å²) in [5, 5.41) is 0. The van der Waals surface area contributed by atoms with Crippen molar-refractivity contribution >= 4 is 11.2 Å². The fourth-order valence-electron chi connectivity index (χ4n) is 1.13. The van der Waals surface area contributed by atoms with Gasteiger partial charge in [0, 0.05) is 12.8 Å². The van der Waals surface area contributed by atoms with Crippen LogP contribution in [0.5, 0.6) is 0 Å². The average molecular weight is 170 g/mol. The molecule has 1 heterocycles. The molecule has 1 nitrogen and oxygen atoms in total. The van der Waals surface area contributed by atoms with E-state index in [2.05, 4.69) is 19.6 Å². The van der Waals surface area contributed by atoms with E-state index in [1.807, 2.05) is 0 Å². The van der Waals surface area contributed by atoms with Crippen LogP contribution in [-0.4, -0.2) is 16.1 Å². The van der Waals surface area contributed by atoms with E-state index in [0.29, 0.717) is 0 Å². The quantitative estimate of drug-likeness (QED) is 0.403. The molecule has 0 spiro atoms. The van der Waals surface area contributed by atoms with Crippen LogP contribution in [0.3, 0.4) is 0 Å². The van der Waals surface area contributed by atoms with Gasteiger partial charge in [0.2, 0.25) is 0 Å². The van der Waals surface area contributed by atoms with E-state index < -0.39 is 11.2 Å². The molecule has 0 aromatic heterocycles. The molecule has 0 saturated heterocycles. The first kappa shape index (κ1) is 8.92. The van der Waals surface area contributed by atoms with Gasteiger partial charge in [0.1, 0.15) is 11.5 Å². The topological polar surface area (TPSA) is 23.1 Å². The molecule has 0 fully saturated rings. The lowest BCUT2D eigenvalue weighted by molar-refractivity contribution is 0.593. The summed E-state index contributed by atoms with van der Waals surface area (Å²) in [6.07, 6.45) is 1.90. The zero-order chi connectivity index (χ0) is 8.27. The number of hydrogen-bond donors (Lipinski definition) is 0. The maximum atomic E-state index is 11.2. The molecule has 0 atom stereocenters. The number of allylic oxidation sites excluding steroid dienone is 1. The second-order valence-electron chi connectivity index (χ2n) is 3.03. The molecular weight excluding hydrogens is 156 g/mol. The van der Waals surface area contributed by atoms with Gasteiger partial charge >= 0.3 is 0 Å². The largest absolute Gasteiger partial charge is 0.616 e. The summed E-state index contributed by atoms with van der Waals surface area (Å²) in [7, 11) is 0. The zero-order valence-corrected chi connectivity index (χ0v) is 7.96. The lowest BCUT2D eigenvalue weighted by Crippen LogP contribution is -2.12. The molecule has 0 amide bonds. The summed E-state index contributed by atoms with van der Waals surface area (Å²) < 4.78 is 11.2. The van der Waals surface area contributed by atoms with Crippen molar-refractivity contribution in [1.29, 1.82) is 0 Å². The minimum absolute atomic E-state index is 0.592. The Labute approximate surface area is 71.4 Å². The van der Waals surface area contributed by atoms with Crippen LogP contribution in [0.4, 0.5) is 0 Å². The predicted octanol–water partition coefficient (Wildman–Crippen LogP) is 2.02. The maximum absolute atomic E-state index is 11.2. The highest BCUT2D eigenvalue weighted by Crippen LogP contribution is 2.11. The summed E-state index contributed by atoms with van der Waals surface area (Å²) in [6, 6.07) is 0. The van der Waals surface area contributed by atoms with Crippen LogP contribution in [0.2, 0.25) is 0 Å². The lowest BCUT2D eigenvalue weighted by atomic mass is 10.2. The van der Waals surface area contributed by atoms with E-state index in [1.54, 1.807) is 0 Å². The highest BCUT2D eigenvalue weighted by molar-refractivity contribution is 7.91. The summed E-state index contributed by atoms with van der Waals surface area (Å²) in [5.41, 5.74) is 5.79. The van der Waals surface area contributed by atoms with Crippen molar-refractivity contribution in [3.8, 4) is 0 Å². The normalized spacial score (nSPS) is 26.6. The van der Waals surface area contributed by atoms with Gasteiger partial charge in [-0.2, -0.15) is 0 Å². The van der Waals surface area contributed by atoms with Gasteiger partial charge < -0.3 is 4.55 Å². The van der Waals surface area contributed by atoms with Crippen LogP contribution in [0.1, 0.15) is 26.7 Å². The van der Waals surface area contributed by atoms with Gasteiger partial charge in [-0.25, -0.2) is 0 Å². The van der Waals surface area contributed by atoms with Crippen LogP contribution in [0.15, 0.2) is 16.9 Å². The molecule has 1 rings (SSSR count). The number of rotatable bonds is 0. The van der Waals surface area contributed by atoms with Gasteiger partial charge in [0.05, 0.1) is 0 Å². The Bertz CT molecular complexity index is 184. The molecule has 0 aromatic rings. The van der Waals surface area contributed by atoms with E-state index in [4.69, 9.17) is 0 Å². The first-order chi connectivity index (χ1) is 5.18. The van der Waals surface area contributed by atoms with Gasteiger partial charge in [-0.3, -0.25) is 0 Å². The van der Waals surface area contributed by atoms with Crippen LogP contribution in [0, 0.1) is 0 Å². The van der Waals surface area contributed by atoms with E-state index in [0.717, 1.165) is 24.3 Å². The molecule has 0 radical (unpaired) electrons. The average Bonchev–Trinajstić information content (AvgIpc) is 1.95. The highest BCUT2D eigenvalue weighted by Gasteiger charge is 2.08. The molecule has 0 saturated carbocycles. The second-order valence-corrected chi connectivity index (χ2v) is 4.73. The van der Waals surface area contributed by atoms with Crippen molar-refractivity contribution in [3.05, 3.63) is 16.9 Å². The van der Waals surface area contributed by atoms with E-state index >= 15 is 0 Å². The van der Waals surface area contributed by atoms with Gasteiger partial charge in [-0.15, -0.1) is 5.73 Å². The van der Waals surface area contributed by atoms with E-state index in [-0.39, 0.29) is 0 Å². The molecule has 0 bridgehead atoms. The molecule has 0 aliphatic carbocycles. The standard InChI is InChI=1S/C9H14OS/c1-8-3-5-11(10)6-4-9(2)7-8/h3-6H2,1-2H3. The monoisotopic (exact) mass is 170 g/mol. The molecule has 0 aromatic carbocycles. The Balaban J connectivity index is 2.70. The van der Waals surface area contributed by atoms with Crippen LogP contribution >= 0.6 is 0 Å². The fourth-order valence-corrected chi connectivity index (χ4v) is 2.40. The maximum Gasteiger partial charge on any atom is 0.109 e. The predicted molar refractivity (Wildman–Crippen MR) is 49.0 cm³/mol. The Morgan fingerprint density at radius 2 is 1.64 bits per heavy atom. The fraction of sp³-hybridized carbons (Fsp3) is 0.667. The van der Waals surface area contributed by atoms with Gasteiger partial charge in [0.25, 0.3) is 0 Å². The van der Waals surface area contributed by atoms with Crippen molar-refractivity contribution in [2.24, 2.45) is 0 Å². The van der Waals surface area contributed by atoms with Crippen LogP contribution in [0.25, 0.3) is 0 Å².